The maximum absolute atomic E-state index is 11.8. The van der Waals surface area contributed by atoms with Gasteiger partial charge in [0.15, 0.2) is 0 Å². The molecule has 1 aliphatic carbocycles. The van der Waals surface area contributed by atoms with Crippen LogP contribution in [0.4, 0.5) is 0 Å². The number of benzene rings is 1. The fraction of sp³-hybridized carbons (Fsp3) is 0.286. The van der Waals surface area contributed by atoms with Gasteiger partial charge in [-0.1, -0.05) is 28.1 Å². The van der Waals surface area contributed by atoms with E-state index in [4.69, 9.17) is 4.74 Å². The molecule has 0 atom stereocenters. The zero-order valence-corrected chi connectivity index (χ0v) is 12.8. The highest BCUT2D eigenvalue weighted by Crippen LogP contribution is 2.50. The van der Waals surface area contributed by atoms with Crippen LogP contribution < -0.4 is 0 Å². The van der Waals surface area contributed by atoms with Gasteiger partial charge in [-0.25, -0.2) is 4.98 Å². The number of carbonyl (C=O) groups excluding carboxylic acids is 1. The zero-order valence-electron chi connectivity index (χ0n) is 10.4. The second-order valence-corrected chi connectivity index (χ2v) is 6.39. The van der Waals surface area contributed by atoms with E-state index >= 15 is 0 Å². The molecule has 0 saturated heterocycles. The molecule has 1 aromatic carbocycles. The first-order valence-corrected chi connectivity index (χ1v) is 7.63. The molecule has 0 bridgehead atoms. The van der Waals surface area contributed by atoms with Crippen LogP contribution in [0.2, 0.25) is 0 Å². The summed E-state index contributed by atoms with van der Waals surface area (Å²) in [5.41, 5.74) is 1.52. The van der Waals surface area contributed by atoms with Gasteiger partial charge in [-0.2, -0.15) is 0 Å². The zero-order chi connectivity index (χ0) is 13.5. The van der Waals surface area contributed by atoms with Gasteiger partial charge in [0.05, 0.1) is 12.8 Å². The summed E-state index contributed by atoms with van der Waals surface area (Å²) < 4.78 is 5.93. The number of thiazole rings is 1. The second kappa shape index (κ2) is 4.72. The monoisotopic (exact) mass is 337 g/mol. The summed E-state index contributed by atoms with van der Waals surface area (Å²) in [5.74, 6) is -0.163. The molecule has 3 rings (SSSR count). The number of esters is 1. The lowest BCUT2D eigenvalue weighted by atomic mass is 10.1. The van der Waals surface area contributed by atoms with Crippen LogP contribution in [0.3, 0.4) is 0 Å². The Labute approximate surface area is 123 Å². The first kappa shape index (κ1) is 12.8. The highest BCUT2D eigenvalue weighted by atomic mass is 79.9. The lowest BCUT2D eigenvalue weighted by Gasteiger charge is -2.08. The van der Waals surface area contributed by atoms with E-state index in [2.05, 4.69) is 20.9 Å². The van der Waals surface area contributed by atoms with Gasteiger partial charge < -0.3 is 4.74 Å². The summed E-state index contributed by atoms with van der Waals surface area (Å²) in [6, 6.07) is 8.00. The second-order valence-electron chi connectivity index (χ2n) is 4.62. The maximum Gasteiger partial charge on any atom is 0.318 e. The largest absolute Gasteiger partial charge is 0.468 e. The van der Waals surface area contributed by atoms with Crippen molar-refractivity contribution in [1.82, 2.24) is 4.98 Å². The molecular weight excluding hydrogens is 326 g/mol. The summed E-state index contributed by atoms with van der Waals surface area (Å²) in [6.07, 6.45) is 1.68. The Hall–Kier alpha value is -1.20. The molecule has 0 amide bonds. The van der Waals surface area contributed by atoms with E-state index < -0.39 is 5.41 Å². The van der Waals surface area contributed by atoms with Crippen LogP contribution in [-0.2, 0) is 14.9 Å². The van der Waals surface area contributed by atoms with E-state index in [0.29, 0.717) is 0 Å². The minimum atomic E-state index is -0.465. The number of hydrogen-bond acceptors (Lipinski definition) is 4. The number of ether oxygens (including phenoxy) is 1. The number of methoxy groups -OCH3 is 1. The molecule has 0 N–H and O–H groups in total. The van der Waals surface area contributed by atoms with Gasteiger partial charge >= 0.3 is 5.97 Å². The summed E-state index contributed by atoms with van der Waals surface area (Å²) in [7, 11) is 1.44. The molecule has 1 saturated carbocycles. The Morgan fingerprint density at radius 2 is 2.05 bits per heavy atom. The van der Waals surface area contributed by atoms with Gasteiger partial charge in [0.1, 0.15) is 10.4 Å². The van der Waals surface area contributed by atoms with Crippen molar-refractivity contribution in [3.63, 3.8) is 0 Å². The molecule has 5 heteroatoms. The predicted octanol–water partition coefficient (Wildman–Crippen LogP) is 3.78. The predicted molar refractivity (Wildman–Crippen MR) is 78.2 cm³/mol. The molecule has 1 fully saturated rings. The third kappa shape index (κ3) is 2.21. The Balaban J connectivity index is 1.92. The van der Waals surface area contributed by atoms with Crippen molar-refractivity contribution in [2.75, 3.05) is 7.11 Å². The number of aromatic nitrogens is 1. The lowest BCUT2D eigenvalue weighted by Crippen LogP contribution is -2.21. The Morgan fingerprint density at radius 1 is 1.37 bits per heavy atom. The van der Waals surface area contributed by atoms with Gasteiger partial charge in [0.25, 0.3) is 0 Å². The molecule has 2 aromatic rings. The Bertz CT molecular complexity index is 617. The number of carbonyl (C=O) groups is 1. The van der Waals surface area contributed by atoms with Crippen molar-refractivity contribution in [3.05, 3.63) is 39.1 Å². The number of rotatable bonds is 3. The Kier molecular flexibility index (Phi) is 3.19. The van der Waals surface area contributed by atoms with Crippen molar-refractivity contribution < 1.29 is 9.53 Å². The van der Waals surface area contributed by atoms with Crippen LogP contribution in [0.15, 0.2) is 34.1 Å². The van der Waals surface area contributed by atoms with Crippen LogP contribution in [0.1, 0.15) is 17.8 Å². The fourth-order valence-electron chi connectivity index (χ4n) is 2.07. The topological polar surface area (TPSA) is 39.2 Å². The van der Waals surface area contributed by atoms with E-state index in [1.54, 1.807) is 0 Å². The van der Waals surface area contributed by atoms with Gasteiger partial charge in [0, 0.05) is 15.4 Å². The fourth-order valence-corrected chi connectivity index (χ4v) is 3.41. The van der Waals surface area contributed by atoms with E-state index in [1.807, 2.05) is 29.6 Å². The average Bonchev–Trinajstić information content (AvgIpc) is 3.10. The SMILES string of the molecule is COC(=O)C1(c2nc(-c3ccc(Br)cc3)cs2)CC1. The van der Waals surface area contributed by atoms with Gasteiger partial charge in [0.2, 0.25) is 0 Å². The van der Waals surface area contributed by atoms with Crippen LogP contribution in [-0.4, -0.2) is 18.1 Å². The number of nitrogens with zero attached hydrogens (tertiary/aromatic N) is 1. The average molecular weight is 338 g/mol. The standard InChI is InChI=1S/C14H12BrNO2S/c1-18-13(17)14(6-7-14)12-16-11(8-19-12)9-2-4-10(15)5-3-9/h2-5,8H,6-7H2,1H3. The van der Waals surface area contributed by atoms with Crippen molar-refractivity contribution >= 4 is 33.2 Å². The van der Waals surface area contributed by atoms with E-state index in [1.165, 1.54) is 18.4 Å². The van der Waals surface area contributed by atoms with E-state index in [0.717, 1.165) is 33.6 Å². The van der Waals surface area contributed by atoms with Crippen molar-refractivity contribution in [3.8, 4) is 11.3 Å². The summed E-state index contributed by atoms with van der Waals surface area (Å²) >= 11 is 4.95. The first-order chi connectivity index (χ1) is 9.15. The number of halogens is 1. The summed E-state index contributed by atoms with van der Waals surface area (Å²) in [4.78, 5) is 16.4. The molecule has 0 unspecified atom stereocenters. The van der Waals surface area contributed by atoms with Crippen molar-refractivity contribution in [1.29, 1.82) is 0 Å². The van der Waals surface area contributed by atoms with Crippen LogP contribution in [0.5, 0.6) is 0 Å². The van der Waals surface area contributed by atoms with Crippen molar-refractivity contribution in [2.24, 2.45) is 0 Å². The molecule has 1 aromatic heterocycles. The smallest absolute Gasteiger partial charge is 0.318 e. The molecule has 3 nitrogen and oxygen atoms in total. The van der Waals surface area contributed by atoms with Gasteiger partial charge in [-0.15, -0.1) is 11.3 Å². The molecule has 0 aliphatic heterocycles. The van der Waals surface area contributed by atoms with Crippen LogP contribution >= 0.6 is 27.3 Å². The molecule has 1 aliphatic rings. The van der Waals surface area contributed by atoms with Crippen LogP contribution in [0.25, 0.3) is 11.3 Å². The Morgan fingerprint density at radius 3 is 2.63 bits per heavy atom. The highest BCUT2D eigenvalue weighted by molar-refractivity contribution is 9.10. The summed E-state index contributed by atoms with van der Waals surface area (Å²) in [5, 5.41) is 2.87. The van der Waals surface area contributed by atoms with E-state index in [-0.39, 0.29) is 5.97 Å². The minimum Gasteiger partial charge on any atom is -0.468 e. The van der Waals surface area contributed by atoms with Gasteiger partial charge in [-0.3, -0.25) is 4.79 Å². The molecule has 19 heavy (non-hydrogen) atoms. The quantitative estimate of drug-likeness (QED) is 0.800. The molecular formula is C14H12BrNO2S. The lowest BCUT2D eigenvalue weighted by molar-refractivity contribution is -0.143. The highest BCUT2D eigenvalue weighted by Gasteiger charge is 2.55. The molecule has 0 radical (unpaired) electrons. The van der Waals surface area contributed by atoms with Gasteiger partial charge in [-0.05, 0) is 25.0 Å². The van der Waals surface area contributed by atoms with Crippen molar-refractivity contribution in [2.45, 2.75) is 18.3 Å². The van der Waals surface area contributed by atoms with E-state index in [9.17, 15) is 4.79 Å². The minimum absolute atomic E-state index is 0.163. The third-order valence-electron chi connectivity index (χ3n) is 3.38. The molecule has 0 spiro atoms. The third-order valence-corrected chi connectivity index (χ3v) is 4.95. The summed E-state index contributed by atoms with van der Waals surface area (Å²) in [6.45, 7) is 0. The number of hydrogen-bond donors (Lipinski definition) is 0. The van der Waals surface area contributed by atoms with Crippen LogP contribution in [0, 0.1) is 0 Å². The first-order valence-electron chi connectivity index (χ1n) is 5.96. The molecule has 1 heterocycles. The maximum atomic E-state index is 11.8. The normalized spacial score (nSPS) is 16.1. The molecule has 98 valence electrons.